The number of piperidine rings is 1. The molecule has 2 N–H and O–H groups in total. The zero-order valence-electron chi connectivity index (χ0n) is 12.5. The van der Waals surface area contributed by atoms with E-state index in [1.54, 1.807) is 0 Å². The Bertz CT molecular complexity index is 340. The molecule has 0 radical (unpaired) electrons. The number of amides is 3. The second-order valence-corrected chi connectivity index (χ2v) is 6.01. The summed E-state index contributed by atoms with van der Waals surface area (Å²) in [6, 6.07) is 0.363. The first-order chi connectivity index (χ1) is 9.70. The molecule has 1 atom stereocenters. The van der Waals surface area contributed by atoms with Crippen molar-refractivity contribution in [1.82, 2.24) is 15.5 Å². The molecule has 1 saturated heterocycles. The summed E-state index contributed by atoms with van der Waals surface area (Å²) in [5, 5.41) is 6.04. The SMILES string of the molecule is CCCNC(=O)C1CCCN(C(=O)NC2CCCC2)C1. The summed E-state index contributed by atoms with van der Waals surface area (Å²) in [5.41, 5.74) is 0. The van der Waals surface area contributed by atoms with Gasteiger partial charge in [0.2, 0.25) is 5.91 Å². The Hall–Kier alpha value is -1.26. The topological polar surface area (TPSA) is 61.4 Å². The van der Waals surface area contributed by atoms with Crippen molar-refractivity contribution in [1.29, 1.82) is 0 Å². The molecule has 0 bridgehead atoms. The quantitative estimate of drug-likeness (QED) is 0.826. The lowest BCUT2D eigenvalue weighted by Gasteiger charge is -2.33. The number of nitrogens with one attached hydrogen (secondary N) is 2. The van der Waals surface area contributed by atoms with Crippen LogP contribution in [0.3, 0.4) is 0 Å². The predicted octanol–water partition coefficient (Wildman–Crippen LogP) is 1.88. The van der Waals surface area contributed by atoms with Gasteiger partial charge in [-0.05, 0) is 32.1 Å². The molecule has 20 heavy (non-hydrogen) atoms. The van der Waals surface area contributed by atoms with Crippen molar-refractivity contribution in [2.24, 2.45) is 5.92 Å². The molecule has 2 fully saturated rings. The van der Waals surface area contributed by atoms with Crippen LogP contribution < -0.4 is 10.6 Å². The molecule has 1 saturated carbocycles. The summed E-state index contributed by atoms with van der Waals surface area (Å²) in [4.78, 5) is 26.0. The molecule has 0 aromatic rings. The second kappa shape index (κ2) is 7.50. The van der Waals surface area contributed by atoms with E-state index in [1.165, 1.54) is 12.8 Å². The number of hydrogen-bond acceptors (Lipinski definition) is 2. The van der Waals surface area contributed by atoms with E-state index >= 15 is 0 Å². The van der Waals surface area contributed by atoms with E-state index in [9.17, 15) is 9.59 Å². The van der Waals surface area contributed by atoms with Crippen molar-refractivity contribution in [2.45, 2.75) is 57.9 Å². The summed E-state index contributed by atoms with van der Waals surface area (Å²) in [6.45, 7) is 4.11. The van der Waals surface area contributed by atoms with Crippen LogP contribution in [0.15, 0.2) is 0 Å². The maximum absolute atomic E-state index is 12.2. The van der Waals surface area contributed by atoms with Crippen LogP contribution in [0.4, 0.5) is 4.79 Å². The highest BCUT2D eigenvalue weighted by atomic mass is 16.2. The summed E-state index contributed by atoms with van der Waals surface area (Å²) < 4.78 is 0. The van der Waals surface area contributed by atoms with Crippen LogP contribution in [0.1, 0.15) is 51.9 Å². The Kier molecular flexibility index (Phi) is 5.68. The van der Waals surface area contributed by atoms with Crippen LogP contribution in [0.2, 0.25) is 0 Å². The molecule has 0 aromatic carbocycles. The van der Waals surface area contributed by atoms with Crippen molar-refractivity contribution in [2.75, 3.05) is 19.6 Å². The average Bonchev–Trinajstić information content (AvgIpc) is 2.97. The Morgan fingerprint density at radius 1 is 1.15 bits per heavy atom. The minimum absolute atomic E-state index is 0.0184. The highest BCUT2D eigenvalue weighted by Gasteiger charge is 2.29. The molecular formula is C15H27N3O2. The van der Waals surface area contributed by atoms with E-state index in [2.05, 4.69) is 10.6 Å². The van der Waals surface area contributed by atoms with Gasteiger partial charge in [-0.1, -0.05) is 19.8 Å². The van der Waals surface area contributed by atoms with Gasteiger partial charge >= 0.3 is 6.03 Å². The molecule has 1 unspecified atom stereocenters. The first kappa shape index (κ1) is 15.1. The van der Waals surface area contributed by atoms with Gasteiger partial charge in [-0.15, -0.1) is 0 Å². The Labute approximate surface area is 121 Å². The van der Waals surface area contributed by atoms with Crippen molar-refractivity contribution in [3.05, 3.63) is 0 Å². The smallest absolute Gasteiger partial charge is 0.317 e. The number of rotatable bonds is 4. The van der Waals surface area contributed by atoms with E-state index in [1.807, 2.05) is 11.8 Å². The van der Waals surface area contributed by atoms with Crippen molar-refractivity contribution in [3.8, 4) is 0 Å². The molecule has 1 aliphatic heterocycles. The molecule has 0 spiro atoms. The van der Waals surface area contributed by atoms with Gasteiger partial charge in [-0.25, -0.2) is 4.79 Å². The minimum atomic E-state index is -0.0374. The van der Waals surface area contributed by atoms with E-state index < -0.39 is 0 Å². The number of hydrogen-bond donors (Lipinski definition) is 2. The van der Waals surface area contributed by atoms with Crippen LogP contribution in [-0.2, 0) is 4.79 Å². The maximum Gasteiger partial charge on any atom is 0.317 e. The molecule has 0 aromatic heterocycles. The van der Waals surface area contributed by atoms with Gasteiger partial charge in [0.1, 0.15) is 0 Å². The lowest BCUT2D eigenvalue weighted by molar-refractivity contribution is -0.126. The third-order valence-electron chi connectivity index (χ3n) is 4.31. The van der Waals surface area contributed by atoms with Gasteiger partial charge in [-0.3, -0.25) is 4.79 Å². The maximum atomic E-state index is 12.2. The van der Waals surface area contributed by atoms with Gasteiger partial charge < -0.3 is 15.5 Å². The van der Waals surface area contributed by atoms with Crippen LogP contribution in [0.25, 0.3) is 0 Å². The lowest BCUT2D eigenvalue weighted by Crippen LogP contribution is -2.50. The molecule has 5 nitrogen and oxygen atoms in total. The van der Waals surface area contributed by atoms with Crippen LogP contribution >= 0.6 is 0 Å². The molecule has 3 amide bonds. The number of carbonyl (C=O) groups is 2. The number of carbonyl (C=O) groups excluding carboxylic acids is 2. The van der Waals surface area contributed by atoms with Gasteiger partial charge in [0, 0.05) is 25.7 Å². The van der Waals surface area contributed by atoms with Crippen LogP contribution in [0.5, 0.6) is 0 Å². The summed E-state index contributed by atoms with van der Waals surface area (Å²) >= 11 is 0. The van der Waals surface area contributed by atoms with Crippen molar-refractivity contribution >= 4 is 11.9 Å². The van der Waals surface area contributed by atoms with Crippen molar-refractivity contribution < 1.29 is 9.59 Å². The largest absolute Gasteiger partial charge is 0.356 e. The highest BCUT2D eigenvalue weighted by molar-refractivity contribution is 5.80. The molecule has 5 heteroatoms. The van der Waals surface area contributed by atoms with Gasteiger partial charge in [0.25, 0.3) is 0 Å². The number of urea groups is 1. The van der Waals surface area contributed by atoms with Gasteiger partial charge in [-0.2, -0.15) is 0 Å². The third kappa shape index (κ3) is 4.12. The normalized spacial score (nSPS) is 23.6. The first-order valence-electron chi connectivity index (χ1n) is 8.04. The predicted molar refractivity (Wildman–Crippen MR) is 78.4 cm³/mol. The number of nitrogens with zero attached hydrogens (tertiary/aromatic N) is 1. The summed E-state index contributed by atoms with van der Waals surface area (Å²) in [6.07, 6.45) is 7.38. The van der Waals surface area contributed by atoms with E-state index in [0.717, 1.165) is 45.2 Å². The third-order valence-corrected chi connectivity index (χ3v) is 4.31. The highest BCUT2D eigenvalue weighted by Crippen LogP contribution is 2.20. The molecule has 2 rings (SSSR count). The van der Waals surface area contributed by atoms with E-state index in [4.69, 9.17) is 0 Å². The fourth-order valence-corrected chi connectivity index (χ4v) is 3.10. The molecule has 114 valence electrons. The second-order valence-electron chi connectivity index (χ2n) is 6.01. The van der Waals surface area contributed by atoms with E-state index in [-0.39, 0.29) is 17.9 Å². The van der Waals surface area contributed by atoms with Crippen LogP contribution in [0, 0.1) is 5.92 Å². The standard InChI is InChI=1S/C15H27N3O2/c1-2-9-16-14(19)12-6-5-10-18(11-12)15(20)17-13-7-3-4-8-13/h12-13H,2-11H2,1H3,(H,16,19)(H,17,20). The van der Waals surface area contributed by atoms with E-state index in [0.29, 0.717) is 12.6 Å². The monoisotopic (exact) mass is 281 g/mol. The zero-order valence-corrected chi connectivity index (χ0v) is 12.5. The molecule has 2 aliphatic rings. The van der Waals surface area contributed by atoms with Crippen LogP contribution in [-0.4, -0.2) is 42.5 Å². The minimum Gasteiger partial charge on any atom is -0.356 e. The fourth-order valence-electron chi connectivity index (χ4n) is 3.10. The summed E-state index contributed by atoms with van der Waals surface area (Å²) in [5.74, 6) is 0.0647. The lowest BCUT2D eigenvalue weighted by atomic mass is 9.97. The Morgan fingerprint density at radius 3 is 2.60 bits per heavy atom. The average molecular weight is 281 g/mol. The van der Waals surface area contributed by atoms with Gasteiger partial charge in [0.05, 0.1) is 5.92 Å². The summed E-state index contributed by atoms with van der Waals surface area (Å²) in [7, 11) is 0. The fraction of sp³-hybridized carbons (Fsp3) is 0.867. The molecule has 1 heterocycles. The molecular weight excluding hydrogens is 254 g/mol. The number of likely N-dealkylation sites (tertiary alicyclic amines) is 1. The molecule has 1 aliphatic carbocycles. The Morgan fingerprint density at radius 2 is 1.90 bits per heavy atom. The Balaban J connectivity index is 1.79. The zero-order chi connectivity index (χ0) is 14.4. The van der Waals surface area contributed by atoms with Crippen molar-refractivity contribution in [3.63, 3.8) is 0 Å². The van der Waals surface area contributed by atoms with Gasteiger partial charge in [0.15, 0.2) is 0 Å². The first-order valence-corrected chi connectivity index (χ1v) is 8.04.